The predicted octanol–water partition coefficient (Wildman–Crippen LogP) is 5.28. The van der Waals surface area contributed by atoms with Crippen LogP contribution in [0.5, 0.6) is 0 Å². The van der Waals surface area contributed by atoms with E-state index in [2.05, 4.69) is 6.58 Å². The Balaban J connectivity index is 4.74. The van der Waals surface area contributed by atoms with Gasteiger partial charge in [-0.25, -0.2) is 8.78 Å². The minimum absolute atomic E-state index is 0.0550. The molecule has 0 rings (SSSR count). The van der Waals surface area contributed by atoms with Crippen LogP contribution in [0.1, 0.15) is 46.5 Å². The highest BCUT2D eigenvalue weighted by Crippen LogP contribution is 2.26. The number of allylic oxidation sites excluding steroid dienone is 5. The van der Waals surface area contributed by atoms with Gasteiger partial charge in [0.2, 0.25) is 0 Å². The van der Waals surface area contributed by atoms with Crippen LogP contribution in [0, 0.1) is 0 Å². The van der Waals surface area contributed by atoms with Gasteiger partial charge in [-0.15, -0.1) is 0 Å². The summed E-state index contributed by atoms with van der Waals surface area (Å²) in [7, 11) is 0. The molecule has 0 fully saturated rings. The summed E-state index contributed by atoms with van der Waals surface area (Å²) in [6.45, 7) is 8.74. The van der Waals surface area contributed by atoms with Crippen molar-refractivity contribution in [3.05, 3.63) is 36.0 Å². The topological polar surface area (TPSA) is 0 Å². The second-order valence-corrected chi connectivity index (χ2v) is 4.09. The van der Waals surface area contributed by atoms with E-state index in [-0.39, 0.29) is 5.57 Å². The zero-order valence-electron chi connectivity index (χ0n) is 10.5. The Morgan fingerprint density at radius 2 is 1.88 bits per heavy atom. The van der Waals surface area contributed by atoms with Crippen LogP contribution in [-0.4, -0.2) is 5.92 Å². The number of hydrogen-bond acceptors (Lipinski definition) is 0. The maximum atomic E-state index is 13.3. The summed E-state index contributed by atoms with van der Waals surface area (Å²) in [5.41, 5.74) is 0.819. The molecule has 0 spiro atoms. The predicted molar refractivity (Wildman–Crippen MR) is 66.8 cm³/mol. The van der Waals surface area contributed by atoms with E-state index in [1.807, 2.05) is 13.8 Å². The van der Waals surface area contributed by atoms with Gasteiger partial charge in [-0.3, -0.25) is 0 Å². The molecule has 0 atom stereocenters. The number of halogens is 2. The minimum Gasteiger partial charge on any atom is -0.202 e. The van der Waals surface area contributed by atoms with Crippen LogP contribution in [0.25, 0.3) is 0 Å². The van der Waals surface area contributed by atoms with Crippen molar-refractivity contribution >= 4 is 0 Å². The van der Waals surface area contributed by atoms with Crippen molar-refractivity contribution in [2.75, 3.05) is 0 Å². The van der Waals surface area contributed by atoms with Gasteiger partial charge in [-0.1, -0.05) is 57.1 Å². The second kappa shape index (κ2) is 7.37. The van der Waals surface area contributed by atoms with Gasteiger partial charge >= 0.3 is 0 Å². The molecule has 0 unspecified atom stereocenters. The SMILES string of the molecule is C=C(/C=C(\C=C/CCC)C(C)(F)F)CCC. The van der Waals surface area contributed by atoms with E-state index in [1.54, 1.807) is 6.08 Å². The van der Waals surface area contributed by atoms with Crippen LogP contribution in [0.3, 0.4) is 0 Å². The van der Waals surface area contributed by atoms with Gasteiger partial charge in [-0.2, -0.15) is 0 Å². The molecule has 92 valence electrons. The molecule has 0 amide bonds. The van der Waals surface area contributed by atoms with Crippen LogP contribution in [0.15, 0.2) is 36.0 Å². The van der Waals surface area contributed by atoms with Crippen LogP contribution in [0.4, 0.5) is 8.78 Å². The molecule has 0 bridgehead atoms. The summed E-state index contributed by atoms with van der Waals surface area (Å²) in [6.07, 6.45) is 8.31. The van der Waals surface area contributed by atoms with Crippen molar-refractivity contribution in [3.63, 3.8) is 0 Å². The summed E-state index contributed by atoms with van der Waals surface area (Å²) in [5.74, 6) is -2.79. The molecule has 16 heavy (non-hydrogen) atoms. The maximum absolute atomic E-state index is 13.3. The number of rotatable bonds is 7. The van der Waals surface area contributed by atoms with E-state index in [0.29, 0.717) is 0 Å². The largest absolute Gasteiger partial charge is 0.270 e. The zero-order valence-corrected chi connectivity index (χ0v) is 10.5. The molecule has 0 aliphatic carbocycles. The van der Waals surface area contributed by atoms with Crippen molar-refractivity contribution in [1.29, 1.82) is 0 Å². The van der Waals surface area contributed by atoms with Crippen LogP contribution >= 0.6 is 0 Å². The van der Waals surface area contributed by atoms with Crippen LogP contribution in [0.2, 0.25) is 0 Å². The Bertz CT molecular complexity index is 267. The monoisotopic (exact) mass is 228 g/mol. The number of hydrogen-bond donors (Lipinski definition) is 0. The van der Waals surface area contributed by atoms with Gasteiger partial charge < -0.3 is 0 Å². The fourth-order valence-electron chi connectivity index (χ4n) is 1.31. The number of unbranched alkanes of at least 4 members (excludes halogenated alkanes) is 1. The lowest BCUT2D eigenvalue weighted by atomic mass is 10.0. The first-order chi connectivity index (χ1) is 7.41. The molecule has 0 aliphatic heterocycles. The molecule has 0 aliphatic rings. The van der Waals surface area contributed by atoms with Gasteiger partial charge in [0.1, 0.15) is 0 Å². The van der Waals surface area contributed by atoms with Crippen LogP contribution in [-0.2, 0) is 0 Å². The van der Waals surface area contributed by atoms with E-state index >= 15 is 0 Å². The first kappa shape index (κ1) is 15.1. The first-order valence-corrected chi connectivity index (χ1v) is 5.86. The van der Waals surface area contributed by atoms with E-state index in [1.165, 1.54) is 12.2 Å². The maximum Gasteiger partial charge on any atom is 0.270 e. The third-order valence-corrected chi connectivity index (χ3v) is 2.19. The molecular formula is C14H22F2. The van der Waals surface area contributed by atoms with Crippen molar-refractivity contribution in [2.45, 2.75) is 52.4 Å². The second-order valence-electron chi connectivity index (χ2n) is 4.09. The fourth-order valence-corrected chi connectivity index (χ4v) is 1.31. The zero-order chi connectivity index (χ0) is 12.6. The normalized spacial score (nSPS) is 13.4. The van der Waals surface area contributed by atoms with Gasteiger partial charge in [0.15, 0.2) is 0 Å². The summed E-state index contributed by atoms with van der Waals surface area (Å²) in [4.78, 5) is 0. The highest BCUT2D eigenvalue weighted by atomic mass is 19.3. The Labute approximate surface area is 97.7 Å². The molecule has 0 nitrogen and oxygen atoms in total. The molecular weight excluding hydrogens is 206 g/mol. The third-order valence-electron chi connectivity index (χ3n) is 2.19. The molecule has 0 aromatic heterocycles. The molecule has 2 heteroatoms. The number of alkyl halides is 2. The van der Waals surface area contributed by atoms with Gasteiger partial charge in [0.25, 0.3) is 5.92 Å². The third kappa shape index (κ3) is 6.54. The molecule has 0 heterocycles. The van der Waals surface area contributed by atoms with Gasteiger partial charge in [0, 0.05) is 12.5 Å². The van der Waals surface area contributed by atoms with E-state index in [0.717, 1.165) is 38.2 Å². The fraction of sp³-hybridized carbons (Fsp3) is 0.571. The standard InChI is InChI=1S/C14H22F2/c1-5-7-8-10-13(14(4,15)16)11-12(3)9-6-2/h8,10-11H,3,5-7,9H2,1-2,4H3/b10-8-,13-11+. The minimum atomic E-state index is -2.79. The molecule has 0 radical (unpaired) electrons. The lowest BCUT2D eigenvalue weighted by Crippen LogP contribution is -2.12. The average Bonchev–Trinajstić information content (AvgIpc) is 2.15. The highest BCUT2D eigenvalue weighted by Gasteiger charge is 2.25. The summed E-state index contributed by atoms with van der Waals surface area (Å²) in [6, 6.07) is 0. The smallest absolute Gasteiger partial charge is 0.202 e. The molecule has 0 N–H and O–H groups in total. The Morgan fingerprint density at radius 1 is 1.25 bits per heavy atom. The summed E-state index contributed by atoms with van der Waals surface area (Å²) < 4.78 is 26.5. The van der Waals surface area contributed by atoms with E-state index < -0.39 is 5.92 Å². The van der Waals surface area contributed by atoms with E-state index in [9.17, 15) is 8.78 Å². The lowest BCUT2D eigenvalue weighted by molar-refractivity contribution is 0.0674. The highest BCUT2D eigenvalue weighted by molar-refractivity contribution is 5.33. The molecule has 0 saturated heterocycles. The van der Waals surface area contributed by atoms with Crippen molar-refractivity contribution in [2.24, 2.45) is 0 Å². The quantitative estimate of drug-likeness (QED) is 0.520. The van der Waals surface area contributed by atoms with Crippen molar-refractivity contribution in [3.8, 4) is 0 Å². The van der Waals surface area contributed by atoms with Crippen molar-refractivity contribution in [1.82, 2.24) is 0 Å². The van der Waals surface area contributed by atoms with Gasteiger partial charge in [-0.05, 0) is 12.8 Å². The summed E-state index contributed by atoms with van der Waals surface area (Å²) >= 11 is 0. The van der Waals surface area contributed by atoms with Crippen LogP contribution < -0.4 is 0 Å². The van der Waals surface area contributed by atoms with E-state index in [4.69, 9.17) is 0 Å². The summed E-state index contributed by atoms with van der Waals surface area (Å²) in [5, 5.41) is 0. The van der Waals surface area contributed by atoms with Gasteiger partial charge in [0.05, 0.1) is 0 Å². The lowest BCUT2D eigenvalue weighted by Gasteiger charge is -2.12. The molecule has 0 saturated carbocycles. The Kier molecular flexibility index (Phi) is 6.95. The average molecular weight is 228 g/mol. The molecule has 0 aromatic carbocycles. The molecule has 0 aromatic rings. The van der Waals surface area contributed by atoms with Crippen molar-refractivity contribution < 1.29 is 8.78 Å². The Morgan fingerprint density at radius 3 is 2.31 bits per heavy atom. The Hall–Kier alpha value is -0.920. The first-order valence-electron chi connectivity index (χ1n) is 5.86.